The van der Waals surface area contributed by atoms with Gasteiger partial charge in [-0.1, -0.05) is 25.1 Å². The van der Waals surface area contributed by atoms with E-state index in [1.54, 1.807) is 0 Å². The lowest BCUT2D eigenvalue weighted by Crippen LogP contribution is -2.38. The minimum absolute atomic E-state index is 0. The Morgan fingerprint density at radius 1 is 1.37 bits per heavy atom. The van der Waals surface area contributed by atoms with Crippen molar-refractivity contribution in [3.05, 3.63) is 29.8 Å². The van der Waals surface area contributed by atoms with Crippen LogP contribution in [0.2, 0.25) is 0 Å². The summed E-state index contributed by atoms with van der Waals surface area (Å²) in [6, 6.07) is 7.83. The number of rotatable bonds is 6. The molecular weight excluding hydrogens is 264 g/mol. The molecule has 0 aliphatic rings. The molecule has 19 heavy (non-hydrogen) atoms. The molecule has 0 aliphatic carbocycles. The summed E-state index contributed by atoms with van der Waals surface area (Å²) in [7, 11) is 0. The lowest BCUT2D eigenvalue weighted by Gasteiger charge is -2.18. The van der Waals surface area contributed by atoms with Crippen LogP contribution in [0.5, 0.6) is 5.75 Å². The van der Waals surface area contributed by atoms with Crippen molar-refractivity contribution in [1.29, 1.82) is 0 Å². The lowest BCUT2D eigenvalue weighted by atomic mass is 10.1. The monoisotopic (exact) mass is 286 g/mol. The number of halogens is 1. The highest BCUT2D eigenvalue weighted by Gasteiger charge is 2.12. The van der Waals surface area contributed by atoms with Crippen molar-refractivity contribution in [3.63, 3.8) is 0 Å². The molecule has 4 nitrogen and oxygen atoms in total. The quantitative estimate of drug-likeness (QED) is 0.839. The Bertz CT molecular complexity index is 399. The topological polar surface area (TPSA) is 64.3 Å². The molecule has 108 valence electrons. The molecule has 0 aliphatic heterocycles. The average molecular weight is 287 g/mol. The molecule has 0 aromatic heterocycles. The Balaban J connectivity index is 0.00000324. The second-order valence-electron chi connectivity index (χ2n) is 4.58. The van der Waals surface area contributed by atoms with E-state index in [0.29, 0.717) is 13.1 Å². The maximum atomic E-state index is 11.6. The Morgan fingerprint density at radius 3 is 2.58 bits per heavy atom. The van der Waals surface area contributed by atoms with Crippen molar-refractivity contribution in [2.75, 3.05) is 13.1 Å². The van der Waals surface area contributed by atoms with E-state index in [1.165, 1.54) is 0 Å². The van der Waals surface area contributed by atoms with Gasteiger partial charge in [-0.25, -0.2) is 0 Å². The fourth-order valence-corrected chi connectivity index (χ4v) is 1.47. The van der Waals surface area contributed by atoms with Gasteiger partial charge in [0.05, 0.1) is 6.54 Å². The van der Waals surface area contributed by atoms with Crippen LogP contribution in [0.25, 0.3) is 0 Å². The number of hydrogen-bond acceptors (Lipinski definition) is 3. The van der Waals surface area contributed by atoms with Crippen LogP contribution in [0, 0.1) is 12.8 Å². The summed E-state index contributed by atoms with van der Waals surface area (Å²) < 4.78 is 5.76. The summed E-state index contributed by atoms with van der Waals surface area (Å²) in [5.41, 5.74) is 6.52. The molecule has 0 radical (unpaired) electrons. The first-order chi connectivity index (χ1) is 8.54. The van der Waals surface area contributed by atoms with Crippen LogP contribution in [0.15, 0.2) is 24.3 Å². The number of nitrogens with two attached hydrogens (primary N) is 1. The molecule has 0 saturated heterocycles. The third-order valence-electron chi connectivity index (χ3n) is 2.79. The summed E-state index contributed by atoms with van der Waals surface area (Å²) >= 11 is 0. The zero-order valence-electron chi connectivity index (χ0n) is 11.7. The largest absolute Gasteiger partial charge is 0.489 e. The molecule has 0 saturated carbocycles. The van der Waals surface area contributed by atoms with E-state index >= 15 is 0 Å². The van der Waals surface area contributed by atoms with Crippen LogP contribution >= 0.6 is 12.4 Å². The van der Waals surface area contributed by atoms with Gasteiger partial charge in [0.25, 0.3) is 0 Å². The van der Waals surface area contributed by atoms with E-state index in [9.17, 15) is 4.79 Å². The van der Waals surface area contributed by atoms with Crippen molar-refractivity contribution in [1.82, 2.24) is 5.32 Å². The molecule has 2 unspecified atom stereocenters. The van der Waals surface area contributed by atoms with Gasteiger partial charge in [0.15, 0.2) is 0 Å². The van der Waals surface area contributed by atoms with Crippen LogP contribution in [-0.2, 0) is 4.79 Å². The smallest absolute Gasteiger partial charge is 0.224 e. The molecule has 1 aromatic carbocycles. The van der Waals surface area contributed by atoms with Gasteiger partial charge in [-0.3, -0.25) is 4.79 Å². The number of aryl methyl sites for hydroxylation is 1. The van der Waals surface area contributed by atoms with E-state index in [0.717, 1.165) is 11.3 Å². The average Bonchev–Trinajstić information content (AvgIpc) is 2.37. The summed E-state index contributed by atoms with van der Waals surface area (Å²) in [5.74, 6) is 0.666. The number of nitrogens with one attached hydrogen (secondary N) is 1. The van der Waals surface area contributed by atoms with Crippen LogP contribution in [-0.4, -0.2) is 25.1 Å². The number of benzene rings is 1. The molecule has 0 fully saturated rings. The van der Waals surface area contributed by atoms with E-state index in [4.69, 9.17) is 10.5 Å². The molecule has 0 bridgehead atoms. The first kappa shape index (κ1) is 17.7. The Kier molecular flexibility index (Phi) is 8.19. The van der Waals surface area contributed by atoms with Crippen molar-refractivity contribution in [2.24, 2.45) is 11.7 Å². The first-order valence-electron chi connectivity index (χ1n) is 6.24. The highest BCUT2D eigenvalue weighted by atomic mass is 35.5. The predicted octanol–water partition coefficient (Wildman–Crippen LogP) is 1.90. The molecule has 3 N–H and O–H groups in total. The standard InChI is InChI=1S/C14H22N2O2.ClH/c1-10-6-4-5-7-13(10)18-12(3)9-16-14(17)11(2)8-15;/h4-7,11-12H,8-9,15H2,1-3H3,(H,16,17);1H. The van der Waals surface area contributed by atoms with Crippen molar-refractivity contribution in [3.8, 4) is 5.75 Å². The fourth-order valence-electron chi connectivity index (χ4n) is 1.47. The molecule has 5 heteroatoms. The van der Waals surface area contributed by atoms with Crippen LogP contribution < -0.4 is 15.8 Å². The summed E-state index contributed by atoms with van der Waals surface area (Å²) in [6.07, 6.45) is -0.0694. The molecule has 1 rings (SSSR count). The molecular formula is C14H23ClN2O2. The maximum Gasteiger partial charge on any atom is 0.224 e. The van der Waals surface area contributed by atoms with E-state index in [2.05, 4.69) is 5.32 Å². The second-order valence-corrected chi connectivity index (χ2v) is 4.58. The third kappa shape index (κ3) is 5.94. The maximum absolute atomic E-state index is 11.6. The number of para-hydroxylation sites is 1. The van der Waals surface area contributed by atoms with Gasteiger partial charge in [-0.2, -0.15) is 0 Å². The molecule has 1 amide bonds. The van der Waals surface area contributed by atoms with Gasteiger partial charge < -0.3 is 15.8 Å². The third-order valence-corrected chi connectivity index (χ3v) is 2.79. The first-order valence-corrected chi connectivity index (χ1v) is 6.24. The molecule has 0 heterocycles. The minimum atomic E-state index is -0.157. The Hall–Kier alpha value is -1.26. The van der Waals surface area contributed by atoms with Gasteiger partial charge in [-0.05, 0) is 25.5 Å². The van der Waals surface area contributed by atoms with E-state index in [1.807, 2.05) is 45.0 Å². The van der Waals surface area contributed by atoms with Crippen molar-refractivity contribution < 1.29 is 9.53 Å². The van der Waals surface area contributed by atoms with Gasteiger partial charge in [0.1, 0.15) is 11.9 Å². The fraction of sp³-hybridized carbons (Fsp3) is 0.500. The number of ether oxygens (including phenoxy) is 1. The number of hydrogen-bond donors (Lipinski definition) is 2. The lowest BCUT2D eigenvalue weighted by molar-refractivity contribution is -0.124. The SMILES string of the molecule is Cc1ccccc1OC(C)CNC(=O)C(C)CN.Cl. The summed E-state index contributed by atoms with van der Waals surface area (Å²) in [5, 5.41) is 2.83. The predicted molar refractivity (Wildman–Crippen MR) is 79.7 cm³/mol. The second kappa shape index (κ2) is 8.77. The Labute approximate surface area is 121 Å². The van der Waals surface area contributed by atoms with Gasteiger partial charge in [0.2, 0.25) is 5.91 Å². The van der Waals surface area contributed by atoms with E-state index in [-0.39, 0.29) is 30.3 Å². The van der Waals surface area contributed by atoms with Gasteiger partial charge in [0, 0.05) is 12.5 Å². The minimum Gasteiger partial charge on any atom is -0.489 e. The van der Waals surface area contributed by atoms with E-state index < -0.39 is 0 Å². The Morgan fingerprint density at radius 2 is 2.00 bits per heavy atom. The zero-order valence-corrected chi connectivity index (χ0v) is 12.5. The zero-order chi connectivity index (χ0) is 13.5. The molecule has 1 aromatic rings. The summed E-state index contributed by atoms with van der Waals surface area (Å²) in [6.45, 7) is 6.58. The summed E-state index contributed by atoms with van der Waals surface area (Å²) in [4.78, 5) is 11.6. The van der Waals surface area contributed by atoms with Gasteiger partial charge in [-0.15, -0.1) is 12.4 Å². The number of carbonyl (C=O) groups is 1. The van der Waals surface area contributed by atoms with Crippen LogP contribution in [0.4, 0.5) is 0 Å². The van der Waals surface area contributed by atoms with Gasteiger partial charge >= 0.3 is 0 Å². The highest BCUT2D eigenvalue weighted by molar-refractivity contribution is 5.85. The number of amides is 1. The molecule has 2 atom stereocenters. The number of carbonyl (C=O) groups excluding carboxylic acids is 1. The highest BCUT2D eigenvalue weighted by Crippen LogP contribution is 2.17. The van der Waals surface area contributed by atoms with Crippen LogP contribution in [0.1, 0.15) is 19.4 Å². The van der Waals surface area contributed by atoms with Crippen LogP contribution in [0.3, 0.4) is 0 Å². The normalized spacial score (nSPS) is 13.1. The van der Waals surface area contributed by atoms with Crippen molar-refractivity contribution in [2.45, 2.75) is 26.9 Å². The van der Waals surface area contributed by atoms with Crippen molar-refractivity contribution >= 4 is 18.3 Å². The molecule has 0 spiro atoms.